The van der Waals surface area contributed by atoms with Gasteiger partial charge in [0, 0.05) is 17.8 Å². The van der Waals surface area contributed by atoms with Crippen LogP contribution in [0.2, 0.25) is 0 Å². The third kappa shape index (κ3) is 3.28. The highest BCUT2D eigenvalue weighted by atomic mass is 19.1. The topological polar surface area (TPSA) is 44.1 Å². The fraction of sp³-hybridized carbons (Fsp3) is 0.385. The molecule has 0 spiro atoms. The smallest absolute Gasteiger partial charge is 0.149 e. The normalized spacial score (nSPS) is 9.76. The summed E-state index contributed by atoms with van der Waals surface area (Å²) in [6, 6.07) is 6.91. The minimum Gasteiger partial charge on any atom is -0.364 e. The van der Waals surface area contributed by atoms with Crippen LogP contribution in [0.1, 0.15) is 25.0 Å². The second-order valence-electron chi connectivity index (χ2n) is 3.80. The Morgan fingerprint density at radius 1 is 1.53 bits per heavy atom. The highest BCUT2D eigenvalue weighted by molar-refractivity contribution is 5.81. The van der Waals surface area contributed by atoms with Crippen molar-refractivity contribution in [3.63, 3.8) is 0 Å². The number of rotatable bonds is 5. The molecule has 1 aromatic rings. The molecule has 0 radical (unpaired) electrons. The van der Waals surface area contributed by atoms with Gasteiger partial charge in [-0.25, -0.2) is 4.39 Å². The summed E-state index contributed by atoms with van der Waals surface area (Å²) in [5, 5.41) is 8.80. The van der Waals surface area contributed by atoms with Crippen molar-refractivity contribution in [2.45, 2.75) is 20.5 Å². The van der Waals surface area contributed by atoms with E-state index in [1.807, 2.05) is 17.9 Å². The minimum atomic E-state index is -0.672. The number of carbonyl (C=O) groups is 1. The SMILES string of the molecule is CCN(CC(C)=O)c1ccc(C#N)c(CF)c1. The monoisotopic (exact) mass is 234 g/mol. The molecule has 0 unspecified atom stereocenters. The number of hydrogen-bond acceptors (Lipinski definition) is 3. The average molecular weight is 234 g/mol. The van der Waals surface area contributed by atoms with Crippen molar-refractivity contribution in [1.29, 1.82) is 5.26 Å². The summed E-state index contributed by atoms with van der Waals surface area (Å²) in [6.07, 6.45) is 0. The molecule has 17 heavy (non-hydrogen) atoms. The molecule has 0 N–H and O–H groups in total. The second kappa shape index (κ2) is 6.00. The number of ketones is 1. The Morgan fingerprint density at radius 3 is 2.71 bits per heavy atom. The van der Waals surface area contributed by atoms with Crippen LogP contribution in [-0.2, 0) is 11.5 Å². The predicted molar refractivity (Wildman–Crippen MR) is 64.5 cm³/mol. The maximum atomic E-state index is 12.7. The zero-order chi connectivity index (χ0) is 12.8. The number of benzene rings is 1. The summed E-state index contributed by atoms with van der Waals surface area (Å²) in [7, 11) is 0. The molecule has 0 bridgehead atoms. The van der Waals surface area contributed by atoms with Crippen LogP contribution in [0, 0.1) is 11.3 Å². The van der Waals surface area contributed by atoms with Crippen LogP contribution in [0.5, 0.6) is 0 Å². The molecule has 0 aliphatic heterocycles. The minimum absolute atomic E-state index is 0.0537. The lowest BCUT2D eigenvalue weighted by atomic mass is 10.1. The van der Waals surface area contributed by atoms with Crippen LogP contribution in [-0.4, -0.2) is 18.9 Å². The summed E-state index contributed by atoms with van der Waals surface area (Å²) in [4.78, 5) is 12.9. The maximum absolute atomic E-state index is 12.7. The van der Waals surface area contributed by atoms with Crippen LogP contribution in [0.15, 0.2) is 18.2 Å². The van der Waals surface area contributed by atoms with Crippen molar-refractivity contribution in [1.82, 2.24) is 0 Å². The van der Waals surface area contributed by atoms with E-state index in [1.165, 1.54) is 6.92 Å². The fourth-order valence-corrected chi connectivity index (χ4v) is 1.65. The molecule has 3 nitrogen and oxygen atoms in total. The first-order chi connectivity index (χ1) is 8.12. The molecule has 0 saturated heterocycles. The highest BCUT2D eigenvalue weighted by Gasteiger charge is 2.09. The molecular formula is C13H15FN2O. The quantitative estimate of drug-likeness (QED) is 0.786. The Balaban J connectivity index is 3.05. The van der Waals surface area contributed by atoms with Gasteiger partial charge in [-0.2, -0.15) is 5.26 Å². The van der Waals surface area contributed by atoms with Crippen LogP contribution in [0.25, 0.3) is 0 Å². The maximum Gasteiger partial charge on any atom is 0.149 e. The van der Waals surface area contributed by atoms with Gasteiger partial charge < -0.3 is 4.90 Å². The lowest BCUT2D eigenvalue weighted by Crippen LogP contribution is -2.28. The Bertz CT molecular complexity index is 451. The number of nitrogens with zero attached hydrogens (tertiary/aromatic N) is 2. The van der Waals surface area contributed by atoms with Gasteiger partial charge in [-0.3, -0.25) is 4.79 Å². The molecule has 1 aromatic carbocycles. The van der Waals surface area contributed by atoms with Gasteiger partial charge in [0.1, 0.15) is 12.5 Å². The molecule has 0 amide bonds. The molecule has 0 aromatic heterocycles. The Morgan fingerprint density at radius 2 is 2.24 bits per heavy atom. The molecular weight excluding hydrogens is 219 g/mol. The van der Waals surface area contributed by atoms with E-state index in [-0.39, 0.29) is 5.78 Å². The number of halogens is 1. The number of alkyl halides is 1. The van der Waals surface area contributed by atoms with Crippen molar-refractivity contribution in [2.75, 3.05) is 18.0 Å². The standard InChI is InChI=1S/C13H15FN2O/c1-3-16(9-10(2)17)13-5-4-11(8-15)12(6-13)7-14/h4-6H,3,7,9H2,1-2H3. The largest absolute Gasteiger partial charge is 0.364 e. The van der Waals surface area contributed by atoms with Crippen LogP contribution >= 0.6 is 0 Å². The molecule has 0 saturated carbocycles. The van der Waals surface area contributed by atoms with Gasteiger partial charge in [0.05, 0.1) is 18.2 Å². The first-order valence-corrected chi connectivity index (χ1v) is 5.45. The molecule has 0 aliphatic carbocycles. The molecule has 1 rings (SSSR count). The lowest BCUT2D eigenvalue weighted by Gasteiger charge is -2.22. The summed E-state index contributed by atoms with van der Waals surface area (Å²) in [6.45, 7) is 3.73. The summed E-state index contributed by atoms with van der Waals surface area (Å²) in [5.74, 6) is 0.0537. The van der Waals surface area contributed by atoms with E-state index in [0.29, 0.717) is 24.2 Å². The van der Waals surface area contributed by atoms with Gasteiger partial charge in [-0.15, -0.1) is 0 Å². The van der Waals surface area contributed by atoms with Crippen molar-refractivity contribution in [3.05, 3.63) is 29.3 Å². The van der Waals surface area contributed by atoms with E-state index in [2.05, 4.69) is 0 Å². The molecule has 90 valence electrons. The van der Waals surface area contributed by atoms with Gasteiger partial charge in [0.25, 0.3) is 0 Å². The van der Waals surface area contributed by atoms with E-state index >= 15 is 0 Å². The van der Waals surface area contributed by atoms with Gasteiger partial charge >= 0.3 is 0 Å². The van der Waals surface area contributed by atoms with E-state index in [0.717, 1.165) is 5.69 Å². The van der Waals surface area contributed by atoms with E-state index in [9.17, 15) is 9.18 Å². The summed E-state index contributed by atoms with van der Waals surface area (Å²) in [5.41, 5.74) is 1.48. The lowest BCUT2D eigenvalue weighted by molar-refractivity contribution is -0.115. The van der Waals surface area contributed by atoms with Crippen molar-refractivity contribution in [3.8, 4) is 6.07 Å². The van der Waals surface area contributed by atoms with Crippen molar-refractivity contribution in [2.24, 2.45) is 0 Å². The molecule has 0 heterocycles. The number of Topliss-reactive ketones (excluding diaryl/α,β-unsaturated/α-hetero) is 1. The van der Waals surface area contributed by atoms with Gasteiger partial charge in [-0.05, 0) is 32.0 Å². The third-order valence-corrected chi connectivity index (χ3v) is 2.51. The van der Waals surface area contributed by atoms with Crippen molar-refractivity contribution >= 4 is 11.5 Å². The first-order valence-electron chi connectivity index (χ1n) is 5.45. The Labute approximate surface area is 100 Å². The van der Waals surface area contributed by atoms with Crippen molar-refractivity contribution < 1.29 is 9.18 Å². The van der Waals surface area contributed by atoms with E-state index in [4.69, 9.17) is 5.26 Å². The predicted octanol–water partition coefficient (Wildman–Crippen LogP) is 2.44. The number of hydrogen-bond donors (Lipinski definition) is 0. The number of likely N-dealkylation sites (N-methyl/N-ethyl adjacent to an activating group) is 1. The molecule has 4 heteroatoms. The van der Waals surface area contributed by atoms with Crippen LogP contribution in [0.4, 0.5) is 10.1 Å². The Hall–Kier alpha value is -1.89. The second-order valence-corrected chi connectivity index (χ2v) is 3.80. The molecule has 0 fully saturated rings. The third-order valence-electron chi connectivity index (χ3n) is 2.51. The zero-order valence-corrected chi connectivity index (χ0v) is 10.0. The van der Waals surface area contributed by atoms with Gasteiger partial charge in [-0.1, -0.05) is 0 Å². The number of carbonyl (C=O) groups excluding carboxylic acids is 1. The molecule has 0 atom stereocenters. The highest BCUT2D eigenvalue weighted by Crippen LogP contribution is 2.20. The molecule has 0 aliphatic rings. The first kappa shape index (κ1) is 13.2. The Kier molecular flexibility index (Phi) is 4.65. The van der Waals surface area contributed by atoms with Gasteiger partial charge in [0.2, 0.25) is 0 Å². The van der Waals surface area contributed by atoms with Crippen LogP contribution < -0.4 is 4.90 Å². The number of nitriles is 1. The van der Waals surface area contributed by atoms with Gasteiger partial charge in [0.15, 0.2) is 0 Å². The van der Waals surface area contributed by atoms with E-state index < -0.39 is 6.67 Å². The summed E-state index contributed by atoms with van der Waals surface area (Å²) >= 11 is 0. The number of anilines is 1. The van der Waals surface area contributed by atoms with E-state index in [1.54, 1.807) is 18.2 Å². The van der Waals surface area contributed by atoms with Crippen LogP contribution in [0.3, 0.4) is 0 Å². The zero-order valence-electron chi connectivity index (χ0n) is 10.0. The summed E-state index contributed by atoms with van der Waals surface area (Å²) < 4.78 is 12.7. The fourth-order valence-electron chi connectivity index (χ4n) is 1.65. The average Bonchev–Trinajstić information content (AvgIpc) is 2.34.